The van der Waals surface area contributed by atoms with E-state index < -0.39 is 11.9 Å². The topological polar surface area (TPSA) is 53.1 Å². The molecule has 0 bridgehead atoms. The minimum Gasteiger partial charge on any atom is -0.481 e. The molecule has 2 aromatic carbocycles. The van der Waals surface area contributed by atoms with E-state index in [2.05, 4.69) is 4.98 Å². The lowest BCUT2D eigenvalue weighted by Gasteiger charge is -2.11. The number of hydrogen-bond acceptors (Lipinski definition) is 1. The van der Waals surface area contributed by atoms with E-state index in [4.69, 9.17) is 11.6 Å². The summed E-state index contributed by atoms with van der Waals surface area (Å²) >= 11 is 6.05. The van der Waals surface area contributed by atoms with Crippen LogP contribution in [0, 0.1) is 6.92 Å². The summed E-state index contributed by atoms with van der Waals surface area (Å²) in [6, 6.07) is 9.57. The number of benzene rings is 2. The summed E-state index contributed by atoms with van der Waals surface area (Å²) in [4.78, 5) is 14.5. The molecule has 0 fully saturated rings. The smallest absolute Gasteiger partial charge is 0.310 e. The van der Waals surface area contributed by atoms with Crippen molar-refractivity contribution in [3.63, 3.8) is 0 Å². The molecule has 2 N–H and O–H groups in total. The Balaban J connectivity index is 2.33. The second-order valence-electron chi connectivity index (χ2n) is 5.08. The average molecular weight is 288 g/mol. The van der Waals surface area contributed by atoms with E-state index in [1.165, 1.54) is 0 Å². The van der Waals surface area contributed by atoms with Crippen LogP contribution in [0.2, 0.25) is 5.02 Å². The first-order valence-electron chi connectivity index (χ1n) is 6.42. The third-order valence-electron chi connectivity index (χ3n) is 3.88. The average Bonchev–Trinajstić information content (AvgIpc) is 2.77. The van der Waals surface area contributed by atoms with Gasteiger partial charge in [0.25, 0.3) is 0 Å². The van der Waals surface area contributed by atoms with Gasteiger partial charge in [0, 0.05) is 26.8 Å². The Morgan fingerprint density at radius 1 is 1.25 bits per heavy atom. The molecule has 0 aliphatic heterocycles. The molecule has 3 nitrogen and oxygen atoms in total. The summed E-state index contributed by atoms with van der Waals surface area (Å²) in [5.41, 5.74) is 3.80. The lowest BCUT2D eigenvalue weighted by molar-refractivity contribution is -0.138. The lowest BCUT2D eigenvalue weighted by Crippen LogP contribution is -2.08. The van der Waals surface area contributed by atoms with Crippen LogP contribution < -0.4 is 0 Å². The number of aliphatic carboxylic acids is 1. The standard InChI is InChI=1S/C16H14ClNO2/c1-8-11(9(2)16(19)20)4-5-12-13-7-10(17)3-6-14(13)18-15(8)12/h3-7,9,18H,1-2H3,(H,19,20)/t9-/m1/s1. The van der Waals surface area contributed by atoms with Crippen molar-refractivity contribution in [3.8, 4) is 0 Å². The molecular weight excluding hydrogens is 274 g/mol. The van der Waals surface area contributed by atoms with Crippen LogP contribution in [0.4, 0.5) is 0 Å². The number of hydrogen-bond donors (Lipinski definition) is 2. The van der Waals surface area contributed by atoms with E-state index in [9.17, 15) is 9.90 Å². The predicted molar refractivity (Wildman–Crippen MR) is 81.6 cm³/mol. The van der Waals surface area contributed by atoms with Gasteiger partial charge in [-0.2, -0.15) is 0 Å². The van der Waals surface area contributed by atoms with E-state index in [1.807, 2.05) is 37.3 Å². The van der Waals surface area contributed by atoms with Crippen LogP contribution in [-0.4, -0.2) is 16.1 Å². The van der Waals surface area contributed by atoms with Gasteiger partial charge < -0.3 is 10.1 Å². The van der Waals surface area contributed by atoms with Crippen LogP contribution in [0.15, 0.2) is 30.3 Å². The second-order valence-corrected chi connectivity index (χ2v) is 5.51. The molecule has 0 aliphatic carbocycles. The zero-order valence-electron chi connectivity index (χ0n) is 11.2. The summed E-state index contributed by atoms with van der Waals surface area (Å²) in [7, 11) is 0. The van der Waals surface area contributed by atoms with E-state index in [0.29, 0.717) is 5.02 Å². The van der Waals surface area contributed by atoms with Crippen molar-refractivity contribution in [1.82, 2.24) is 4.98 Å². The van der Waals surface area contributed by atoms with Crippen molar-refractivity contribution in [2.24, 2.45) is 0 Å². The Morgan fingerprint density at radius 3 is 2.70 bits per heavy atom. The molecule has 4 heteroatoms. The molecule has 3 rings (SSSR count). The summed E-state index contributed by atoms with van der Waals surface area (Å²) in [5, 5.41) is 12.0. The summed E-state index contributed by atoms with van der Waals surface area (Å²) in [6.45, 7) is 3.66. The number of H-pyrrole nitrogens is 1. The quantitative estimate of drug-likeness (QED) is 0.730. The SMILES string of the molecule is Cc1c([C@@H](C)C(=O)O)ccc2c1[nH]c1ccc(Cl)cc12. The molecule has 1 heterocycles. The zero-order valence-corrected chi connectivity index (χ0v) is 12.0. The van der Waals surface area contributed by atoms with Gasteiger partial charge in [0.2, 0.25) is 0 Å². The van der Waals surface area contributed by atoms with Gasteiger partial charge in [0.1, 0.15) is 0 Å². The number of nitrogens with one attached hydrogen (secondary N) is 1. The Morgan fingerprint density at radius 2 is 2.00 bits per heavy atom. The van der Waals surface area contributed by atoms with E-state index in [-0.39, 0.29) is 0 Å². The van der Waals surface area contributed by atoms with Gasteiger partial charge in [-0.05, 0) is 43.2 Å². The fourth-order valence-corrected chi connectivity index (χ4v) is 2.87. The molecule has 0 amide bonds. The Bertz CT molecular complexity index is 835. The third kappa shape index (κ3) is 1.86. The van der Waals surface area contributed by atoms with Crippen LogP contribution in [0.3, 0.4) is 0 Å². The molecule has 0 aliphatic rings. The first-order chi connectivity index (χ1) is 9.49. The van der Waals surface area contributed by atoms with Gasteiger partial charge in [-0.25, -0.2) is 0 Å². The number of aromatic amines is 1. The molecular formula is C16H14ClNO2. The molecule has 0 radical (unpaired) electrons. The molecule has 0 saturated heterocycles. The van der Waals surface area contributed by atoms with E-state index in [1.54, 1.807) is 6.92 Å². The number of halogens is 1. The Kier molecular flexibility index (Phi) is 2.94. The maximum atomic E-state index is 11.2. The van der Waals surface area contributed by atoms with Gasteiger partial charge in [0.15, 0.2) is 0 Å². The van der Waals surface area contributed by atoms with Crippen molar-refractivity contribution >= 4 is 39.4 Å². The molecule has 1 atom stereocenters. The van der Waals surface area contributed by atoms with Crippen LogP contribution in [0.1, 0.15) is 24.0 Å². The van der Waals surface area contributed by atoms with Gasteiger partial charge in [-0.1, -0.05) is 23.7 Å². The summed E-state index contributed by atoms with van der Waals surface area (Å²) in [5.74, 6) is -1.33. The molecule has 0 saturated carbocycles. The van der Waals surface area contributed by atoms with Crippen LogP contribution in [0.25, 0.3) is 21.8 Å². The monoisotopic (exact) mass is 287 g/mol. The van der Waals surface area contributed by atoms with Gasteiger partial charge >= 0.3 is 5.97 Å². The summed E-state index contributed by atoms with van der Waals surface area (Å²) < 4.78 is 0. The van der Waals surface area contributed by atoms with Crippen LogP contribution in [-0.2, 0) is 4.79 Å². The Hall–Kier alpha value is -2.00. The highest BCUT2D eigenvalue weighted by Gasteiger charge is 2.18. The molecule has 3 aromatic rings. The molecule has 1 aromatic heterocycles. The van der Waals surface area contributed by atoms with Crippen LogP contribution in [0.5, 0.6) is 0 Å². The van der Waals surface area contributed by atoms with Gasteiger partial charge in [-0.3, -0.25) is 4.79 Å². The fraction of sp³-hybridized carbons (Fsp3) is 0.188. The summed E-state index contributed by atoms with van der Waals surface area (Å²) in [6.07, 6.45) is 0. The third-order valence-corrected chi connectivity index (χ3v) is 4.11. The van der Waals surface area contributed by atoms with Crippen molar-refractivity contribution in [2.75, 3.05) is 0 Å². The zero-order chi connectivity index (χ0) is 14.4. The van der Waals surface area contributed by atoms with E-state index in [0.717, 1.165) is 32.9 Å². The number of carbonyl (C=O) groups is 1. The number of fused-ring (bicyclic) bond motifs is 3. The number of rotatable bonds is 2. The van der Waals surface area contributed by atoms with Gasteiger partial charge in [0.05, 0.1) is 5.92 Å². The first kappa shape index (κ1) is 13.0. The van der Waals surface area contributed by atoms with Crippen molar-refractivity contribution in [2.45, 2.75) is 19.8 Å². The maximum absolute atomic E-state index is 11.2. The highest BCUT2D eigenvalue weighted by molar-refractivity contribution is 6.31. The van der Waals surface area contributed by atoms with Crippen molar-refractivity contribution in [1.29, 1.82) is 0 Å². The highest BCUT2D eigenvalue weighted by Crippen LogP contribution is 2.33. The number of aromatic nitrogens is 1. The molecule has 20 heavy (non-hydrogen) atoms. The lowest BCUT2D eigenvalue weighted by atomic mass is 9.94. The van der Waals surface area contributed by atoms with Crippen molar-refractivity contribution in [3.05, 3.63) is 46.5 Å². The number of carboxylic acids is 1. The Labute approximate surface area is 121 Å². The van der Waals surface area contributed by atoms with Crippen molar-refractivity contribution < 1.29 is 9.90 Å². The van der Waals surface area contributed by atoms with Crippen LogP contribution >= 0.6 is 11.6 Å². The fourth-order valence-electron chi connectivity index (χ4n) is 2.70. The molecule has 102 valence electrons. The minimum absolute atomic E-state index is 0.519. The highest BCUT2D eigenvalue weighted by atomic mass is 35.5. The minimum atomic E-state index is -0.813. The largest absolute Gasteiger partial charge is 0.481 e. The predicted octanol–water partition coefficient (Wildman–Crippen LogP) is 4.47. The maximum Gasteiger partial charge on any atom is 0.310 e. The molecule has 0 unspecified atom stereocenters. The number of carboxylic acid groups (broad SMARTS) is 1. The second kappa shape index (κ2) is 4.53. The first-order valence-corrected chi connectivity index (χ1v) is 6.80. The molecule has 0 spiro atoms. The number of aryl methyl sites for hydroxylation is 1. The normalized spacial score (nSPS) is 12.9. The van der Waals surface area contributed by atoms with Gasteiger partial charge in [-0.15, -0.1) is 0 Å². The van der Waals surface area contributed by atoms with E-state index >= 15 is 0 Å².